The lowest BCUT2D eigenvalue weighted by atomic mass is 10.1. The average Bonchev–Trinajstić information content (AvgIpc) is 3.26. The van der Waals surface area contributed by atoms with Crippen LogP contribution in [0.25, 0.3) is 0 Å². The summed E-state index contributed by atoms with van der Waals surface area (Å²) in [6.45, 7) is 0.350. The maximum atomic E-state index is 12.7. The number of rotatable bonds is 7. The van der Waals surface area contributed by atoms with Crippen LogP contribution in [0.2, 0.25) is 0 Å². The van der Waals surface area contributed by atoms with Crippen molar-refractivity contribution in [2.45, 2.75) is 18.5 Å². The van der Waals surface area contributed by atoms with E-state index in [-0.39, 0.29) is 23.5 Å². The molecule has 2 unspecified atom stereocenters. The number of aliphatic carboxylic acids is 1. The number of carbonyl (C=O) groups excluding carboxylic acids is 1. The van der Waals surface area contributed by atoms with Gasteiger partial charge in [0.1, 0.15) is 0 Å². The molecule has 1 aliphatic rings. The molecule has 1 amide bonds. The fourth-order valence-electron chi connectivity index (χ4n) is 2.34. The summed E-state index contributed by atoms with van der Waals surface area (Å²) >= 11 is 1.20. The van der Waals surface area contributed by atoms with Gasteiger partial charge in [-0.1, -0.05) is 18.2 Å². The van der Waals surface area contributed by atoms with E-state index in [1.807, 2.05) is 0 Å². The van der Waals surface area contributed by atoms with Crippen LogP contribution in [0.4, 0.5) is 13.2 Å². The lowest BCUT2D eigenvalue weighted by Gasteiger charge is -2.08. The maximum absolute atomic E-state index is 12.7. The molecule has 0 radical (unpaired) electrons. The van der Waals surface area contributed by atoms with Crippen LogP contribution < -0.4 is 5.32 Å². The number of halogens is 3. The van der Waals surface area contributed by atoms with Crippen molar-refractivity contribution in [2.24, 2.45) is 5.92 Å². The molecule has 0 aromatic heterocycles. The van der Waals surface area contributed by atoms with Crippen LogP contribution in [-0.4, -0.2) is 35.0 Å². The van der Waals surface area contributed by atoms with Crippen molar-refractivity contribution in [3.8, 4) is 0 Å². The third-order valence-corrected chi connectivity index (χ3v) is 4.48. The van der Waals surface area contributed by atoms with E-state index in [0.717, 1.165) is 12.1 Å². The molecular weight excluding hydrogens is 331 g/mol. The van der Waals surface area contributed by atoms with Gasteiger partial charge in [-0.25, -0.2) is 0 Å². The molecule has 2 rings (SSSR count). The molecule has 1 aromatic carbocycles. The zero-order valence-corrected chi connectivity index (χ0v) is 12.9. The van der Waals surface area contributed by atoms with Gasteiger partial charge in [0.15, 0.2) is 0 Å². The molecule has 0 aliphatic heterocycles. The van der Waals surface area contributed by atoms with Crippen LogP contribution in [0, 0.1) is 5.92 Å². The van der Waals surface area contributed by atoms with Crippen molar-refractivity contribution >= 4 is 23.6 Å². The van der Waals surface area contributed by atoms with E-state index < -0.39 is 17.7 Å². The van der Waals surface area contributed by atoms with Crippen molar-refractivity contribution in [1.29, 1.82) is 0 Å². The van der Waals surface area contributed by atoms with Gasteiger partial charge in [0.2, 0.25) is 5.91 Å². The molecule has 1 aromatic rings. The van der Waals surface area contributed by atoms with E-state index in [1.54, 1.807) is 6.07 Å². The highest BCUT2D eigenvalue weighted by molar-refractivity contribution is 7.99. The summed E-state index contributed by atoms with van der Waals surface area (Å²) in [5.41, 5.74) is -0.175. The lowest BCUT2D eigenvalue weighted by molar-refractivity contribution is -0.137. The predicted octanol–water partition coefficient (Wildman–Crippen LogP) is 2.74. The number of benzene rings is 1. The molecule has 0 saturated heterocycles. The van der Waals surface area contributed by atoms with Gasteiger partial charge in [-0.15, -0.1) is 11.8 Å². The number of nitrogens with one attached hydrogen (secondary N) is 1. The third kappa shape index (κ3) is 5.16. The molecular formula is C15H16F3NO3S. The van der Waals surface area contributed by atoms with Crippen LogP contribution in [0.5, 0.6) is 0 Å². The van der Waals surface area contributed by atoms with Crippen LogP contribution in [0.3, 0.4) is 0 Å². The van der Waals surface area contributed by atoms with Gasteiger partial charge in [0.25, 0.3) is 0 Å². The lowest BCUT2D eigenvalue weighted by Crippen LogP contribution is -2.27. The van der Waals surface area contributed by atoms with E-state index in [2.05, 4.69) is 5.32 Å². The highest BCUT2D eigenvalue weighted by Crippen LogP contribution is 2.48. The first kappa shape index (κ1) is 17.7. The second-order valence-electron chi connectivity index (χ2n) is 5.31. The topological polar surface area (TPSA) is 66.4 Å². The van der Waals surface area contributed by atoms with Gasteiger partial charge >= 0.3 is 12.1 Å². The second-order valence-corrected chi connectivity index (χ2v) is 6.41. The van der Waals surface area contributed by atoms with Crippen LogP contribution in [0.15, 0.2) is 24.3 Å². The van der Waals surface area contributed by atoms with Crippen molar-refractivity contribution in [3.63, 3.8) is 0 Å². The Hall–Kier alpha value is -1.70. The van der Waals surface area contributed by atoms with Crippen molar-refractivity contribution < 1.29 is 27.9 Å². The summed E-state index contributed by atoms with van der Waals surface area (Å²) in [6, 6.07) is 5.07. The summed E-state index contributed by atoms with van der Waals surface area (Å²) in [6.07, 6.45) is -3.85. The molecule has 1 fully saturated rings. The van der Waals surface area contributed by atoms with Gasteiger partial charge in [-0.2, -0.15) is 13.2 Å². The third-order valence-electron chi connectivity index (χ3n) is 3.54. The highest BCUT2D eigenvalue weighted by atomic mass is 32.2. The molecule has 8 heteroatoms. The minimum atomic E-state index is -4.38. The second kappa shape index (κ2) is 7.25. The number of hydrogen-bond acceptors (Lipinski definition) is 3. The van der Waals surface area contributed by atoms with Crippen molar-refractivity contribution in [2.75, 3.05) is 18.1 Å². The summed E-state index contributed by atoms with van der Waals surface area (Å²) in [4.78, 5) is 22.2. The Labute approximate surface area is 135 Å². The van der Waals surface area contributed by atoms with Gasteiger partial charge in [0, 0.05) is 18.2 Å². The fourth-order valence-corrected chi connectivity index (χ4v) is 2.90. The summed E-state index contributed by atoms with van der Waals surface area (Å²) in [5, 5.41) is 11.2. The van der Waals surface area contributed by atoms with E-state index in [9.17, 15) is 22.8 Å². The van der Waals surface area contributed by atoms with Crippen LogP contribution >= 0.6 is 11.8 Å². The molecule has 0 bridgehead atoms. The number of carbonyl (C=O) groups is 2. The standard InChI is InChI=1S/C15H16F3NO3S/c16-15(17,18)10-3-1-2-9(6-10)11-7-12(11)14(22)19-4-5-23-8-13(20)21/h1-3,6,11-12H,4-5,7-8H2,(H,19,22)(H,20,21). The van der Waals surface area contributed by atoms with Gasteiger partial charge in [-0.05, 0) is 24.0 Å². The molecule has 2 N–H and O–H groups in total. The Morgan fingerprint density at radius 2 is 2.09 bits per heavy atom. The first-order chi connectivity index (χ1) is 10.8. The molecule has 1 aliphatic carbocycles. The average molecular weight is 347 g/mol. The minimum Gasteiger partial charge on any atom is -0.481 e. The number of carboxylic acid groups (broad SMARTS) is 1. The maximum Gasteiger partial charge on any atom is 0.416 e. The summed E-state index contributed by atoms with van der Waals surface area (Å²) in [5.74, 6) is -1.12. The van der Waals surface area contributed by atoms with Gasteiger partial charge < -0.3 is 10.4 Å². The molecule has 1 saturated carbocycles. The van der Waals surface area contributed by atoms with Crippen LogP contribution in [-0.2, 0) is 15.8 Å². The van der Waals surface area contributed by atoms with E-state index >= 15 is 0 Å². The zero-order valence-electron chi connectivity index (χ0n) is 12.1. The highest BCUT2D eigenvalue weighted by Gasteiger charge is 2.44. The van der Waals surface area contributed by atoms with Gasteiger partial charge in [-0.3, -0.25) is 9.59 Å². The normalized spacial score (nSPS) is 20.1. The van der Waals surface area contributed by atoms with E-state index in [4.69, 9.17) is 5.11 Å². The summed E-state index contributed by atoms with van der Waals surface area (Å²) in [7, 11) is 0. The van der Waals surface area contributed by atoms with Crippen molar-refractivity contribution in [1.82, 2.24) is 5.32 Å². The Morgan fingerprint density at radius 3 is 2.74 bits per heavy atom. The van der Waals surface area contributed by atoms with Crippen LogP contribution in [0.1, 0.15) is 23.5 Å². The predicted molar refractivity (Wildman–Crippen MR) is 80.3 cm³/mol. The number of hydrogen-bond donors (Lipinski definition) is 2. The molecule has 4 nitrogen and oxygen atoms in total. The number of thioether (sulfide) groups is 1. The molecule has 0 heterocycles. The Balaban J connectivity index is 1.80. The Bertz CT molecular complexity index is 592. The molecule has 2 atom stereocenters. The first-order valence-electron chi connectivity index (χ1n) is 7.03. The minimum absolute atomic E-state index is 0.0217. The van der Waals surface area contributed by atoms with E-state index in [1.165, 1.54) is 17.8 Å². The smallest absolute Gasteiger partial charge is 0.416 e. The fraction of sp³-hybridized carbons (Fsp3) is 0.467. The first-order valence-corrected chi connectivity index (χ1v) is 8.19. The Morgan fingerprint density at radius 1 is 1.35 bits per heavy atom. The Kier molecular flexibility index (Phi) is 5.56. The van der Waals surface area contributed by atoms with Gasteiger partial charge in [0.05, 0.1) is 11.3 Å². The van der Waals surface area contributed by atoms with E-state index in [0.29, 0.717) is 24.3 Å². The quantitative estimate of drug-likeness (QED) is 0.745. The number of amides is 1. The molecule has 126 valence electrons. The zero-order chi connectivity index (χ0) is 17.0. The molecule has 23 heavy (non-hydrogen) atoms. The van der Waals surface area contributed by atoms with Crippen molar-refractivity contribution in [3.05, 3.63) is 35.4 Å². The summed E-state index contributed by atoms with van der Waals surface area (Å²) < 4.78 is 38.0. The molecule has 0 spiro atoms. The number of alkyl halides is 3. The number of carboxylic acids is 1. The largest absolute Gasteiger partial charge is 0.481 e. The monoisotopic (exact) mass is 347 g/mol. The SMILES string of the molecule is O=C(O)CSCCNC(=O)C1CC1c1cccc(C(F)(F)F)c1.